The number of carbonyl (C=O) groups is 2. The lowest BCUT2D eigenvalue weighted by Gasteiger charge is -2.08. The molecule has 1 aromatic heterocycles. The zero-order valence-electron chi connectivity index (χ0n) is 11.0. The second-order valence-corrected chi connectivity index (χ2v) is 4.48. The molecule has 2 amide bonds. The Labute approximate surface area is 125 Å². The summed E-state index contributed by atoms with van der Waals surface area (Å²) >= 11 is 5.91. The largest absolute Gasteiger partial charge is 0.355 e. The first kappa shape index (κ1) is 14.9. The van der Waals surface area contributed by atoms with Gasteiger partial charge < -0.3 is 10.6 Å². The molecule has 0 unspecified atom stereocenters. The Hall–Kier alpha value is -2.47. The molecule has 0 spiro atoms. The molecule has 0 aliphatic carbocycles. The Morgan fingerprint density at radius 3 is 2.62 bits per heavy atom. The normalized spacial score (nSPS) is 10.0. The number of hydrogen-bond acceptors (Lipinski definition) is 3. The number of hydrogen-bond donors (Lipinski definition) is 2. The molecule has 7 heteroatoms. The molecule has 0 saturated heterocycles. The van der Waals surface area contributed by atoms with Gasteiger partial charge in [0.25, 0.3) is 11.8 Å². The van der Waals surface area contributed by atoms with Gasteiger partial charge in [0.1, 0.15) is 0 Å². The second-order valence-electron chi connectivity index (χ2n) is 4.07. The molecule has 1 aromatic carbocycles. The summed E-state index contributed by atoms with van der Waals surface area (Å²) in [4.78, 5) is 27.0. The van der Waals surface area contributed by atoms with Gasteiger partial charge in [-0.25, -0.2) is 4.98 Å². The van der Waals surface area contributed by atoms with Gasteiger partial charge in [0.15, 0.2) is 0 Å². The van der Waals surface area contributed by atoms with Crippen molar-refractivity contribution < 1.29 is 14.0 Å². The molecule has 0 saturated carbocycles. The van der Waals surface area contributed by atoms with Gasteiger partial charge in [0.2, 0.25) is 5.95 Å². The average molecular weight is 308 g/mol. The summed E-state index contributed by atoms with van der Waals surface area (Å²) in [5.41, 5.74) is 0.351. The molecular formula is C14H11ClFN3O2. The molecular weight excluding hydrogens is 297 g/mol. The van der Waals surface area contributed by atoms with Crippen LogP contribution in [-0.4, -0.2) is 23.8 Å². The number of halogens is 2. The van der Waals surface area contributed by atoms with Crippen molar-refractivity contribution in [1.29, 1.82) is 0 Å². The Kier molecular flexibility index (Phi) is 4.49. The first-order valence-electron chi connectivity index (χ1n) is 5.96. The minimum atomic E-state index is -0.865. The van der Waals surface area contributed by atoms with Gasteiger partial charge in [-0.15, -0.1) is 0 Å². The molecule has 21 heavy (non-hydrogen) atoms. The summed E-state index contributed by atoms with van der Waals surface area (Å²) in [6.45, 7) is 0. The summed E-state index contributed by atoms with van der Waals surface area (Å²) in [6, 6.07) is 7.17. The summed E-state index contributed by atoms with van der Waals surface area (Å²) in [7, 11) is 1.47. The highest BCUT2D eigenvalue weighted by Gasteiger charge is 2.14. The van der Waals surface area contributed by atoms with Crippen molar-refractivity contribution in [2.24, 2.45) is 0 Å². The molecule has 0 aliphatic heterocycles. The topological polar surface area (TPSA) is 71.1 Å². The molecule has 1 heterocycles. The summed E-state index contributed by atoms with van der Waals surface area (Å²) in [5.74, 6) is -1.91. The van der Waals surface area contributed by atoms with Crippen LogP contribution in [-0.2, 0) is 0 Å². The van der Waals surface area contributed by atoms with E-state index < -0.39 is 11.9 Å². The van der Waals surface area contributed by atoms with E-state index in [1.165, 1.54) is 43.6 Å². The van der Waals surface area contributed by atoms with E-state index in [-0.39, 0.29) is 22.1 Å². The predicted octanol–water partition coefficient (Wildman–Crippen LogP) is 2.49. The van der Waals surface area contributed by atoms with E-state index in [9.17, 15) is 14.0 Å². The summed E-state index contributed by atoms with van der Waals surface area (Å²) in [5, 5.41) is 5.18. The van der Waals surface area contributed by atoms with E-state index >= 15 is 0 Å². The van der Waals surface area contributed by atoms with Crippen molar-refractivity contribution in [1.82, 2.24) is 10.3 Å². The second kappa shape index (κ2) is 6.32. The monoisotopic (exact) mass is 307 g/mol. The minimum Gasteiger partial charge on any atom is -0.355 e. The van der Waals surface area contributed by atoms with Gasteiger partial charge >= 0.3 is 0 Å². The molecule has 2 aromatic rings. The average Bonchev–Trinajstić information content (AvgIpc) is 2.48. The number of carbonyl (C=O) groups excluding carboxylic acids is 2. The SMILES string of the molecule is CNC(=O)c1cc(NC(=O)c2cccnc2F)ccc1Cl. The van der Waals surface area contributed by atoms with Crippen LogP contribution in [0.3, 0.4) is 0 Å². The van der Waals surface area contributed by atoms with Crippen LogP contribution in [0.25, 0.3) is 0 Å². The van der Waals surface area contributed by atoms with Crippen LogP contribution in [0.15, 0.2) is 36.5 Å². The highest BCUT2D eigenvalue weighted by Crippen LogP contribution is 2.21. The molecule has 0 atom stereocenters. The van der Waals surface area contributed by atoms with E-state index in [4.69, 9.17) is 11.6 Å². The van der Waals surface area contributed by atoms with Crippen LogP contribution in [0.2, 0.25) is 5.02 Å². The lowest BCUT2D eigenvalue weighted by Crippen LogP contribution is -2.19. The van der Waals surface area contributed by atoms with Crippen LogP contribution >= 0.6 is 11.6 Å². The molecule has 0 bridgehead atoms. The minimum absolute atomic E-state index is 0.186. The van der Waals surface area contributed by atoms with E-state index in [1.54, 1.807) is 0 Å². The fourth-order valence-electron chi connectivity index (χ4n) is 1.67. The van der Waals surface area contributed by atoms with Gasteiger partial charge in [-0.3, -0.25) is 9.59 Å². The summed E-state index contributed by atoms with van der Waals surface area (Å²) in [6.07, 6.45) is 1.25. The zero-order valence-corrected chi connectivity index (χ0v) is 11.7. The molecule has 0 fully saturated rings. The number of nitrogens with one attached hydrogen (secondary N) is 2. The van der Waals surface area contributed by atoms with Crippen LogP contribution in [0.1, 0.15) is 20.7 Å². The van der Waals surface area contributed by atoms with E-state index in [2.05, 4.69) is 15.6 Å². The van der Waals surface area contributed by atoms with E-state index in [0.29, 0.717) is 5.69 Å². The van der Waals surface area contributed by atoms with Crippen molar-refractivity contribution in [3.63, 3.8) is 0 Å². The Bertz CT molecular complexity index is 706. The van der Waals surface area contributed by atoms with Crippen LogP contribution in [0, 0.1) is 5.95 Å². The number of anilines is 1. The Balaban J connectivity index is 2.26. The van der Waals surface area contributed by atoms with Crippen LogP contribution in [0.4, 0.5) is 10.1 Å². The Morgan fingerprint density at radius 2 is 1.95 bits per heavy atom. The smallest absolute Gasteiger partial charge is 0.260 e. The lowest BCUT2D eigenvalue weighted by molar-refractivity contribution is 0.0961. The maximum Gasteiger partial charge on any atom is 0.260 e. The first-order valence-corrected chi connectivity index (χ1v) is 6.34. The van der Waals surface area contributed by atoms with Gasteiger partial charge in [-0.2, -0.15) is 4.39 Å². The molecule has 0 radical (unpaired) electrons. The number of benzene rings is 1. The number of pyridine rings is 1. The molecule has 5 nitrogen and oxygen atoms in total. The number of rotatable bonds is 3. The lowest BCUT2D eigenvalue weighted by atomic mass is 10.1. The first-order chi connectivity index (χ1) is 10.0. The van der Waals surface area contributed by atoms with Gasteiger partial charge in [0.05, 0.1) is 16.1 Å². The van der Waals surface area contributed by atoms with Crippen molar-refractivity contribution >= 4 is 29.1 Å². The molecule has 2 N–H and O–H groups in total. The van der Waals surface area contributed by atoms with Crippen molar-refractivity contribution in [3.05, 3.63) is 58.6 Å². The van der Waals surface area contributed by atoms with Crippen molar-refractivity contribution in [2.45, 2.75) is 0 Å². The van der Waals surface area contributed by atoms with Crippen LogP contribution < -0.4 is 10.6 Å². The standard InChI is InChI=1S/C14H11ClFN3O2/c1-17-13(20)10-7-8(4-5-11(10)15)19-14(21)9-3-2-6-18-12(9)16/h2-7H,1H3,(H,17,20)(H,19,21). The fraction of sp³-hybridized carbons (Fsp3) is 0.0714. The number of amides is 2. The van der Waals surface area contributed by atoms with Gasteiger partial charge in [-0.05, 0) is 30.3 Å². The highest BCUT2D eigenvalue weighted by atomic mass is 35.5. The van der Waals surface area contributed by atoms with Gasteiger partial charge in [-0.1, -0.05) is 11.6 Å². The number of aromatic nitrogens is 1. The van der Waals surface area contributed by atoms with Crippen molar-refractivity contribution in [3.8, 4) is 0 Å². The number of nitrogens with zero attached hydrogens (tertiary/aromatic N) is 1. The predicted molar refractivity (Wildman–Crippen MR) is 77.0 cm³/mol. The third kappa shape index (κ3) is 3.35. The third-order valence-corrected chi connectivity index (χ3v) is 3.03. The highest BCUT2D eigenvalue weighted by molar-refractivity contribution is 6.34. The molecule has 2 rings (SSSR count). The Morgan fingerprint density at radius 1 is 1.19 bits per heavy atom. The van der Waals surface area contributed by atoms with E-state index in [1.807, 2.05) is 0 Å². The molecule has 108 valence electrons. The van der Waals surface area contributed by atoms with Crippen molar-refractivity contribution in [2.75, 3.05) is 12.4 Å². The maximum absolute atomic E-state index is 13.4. The van der Waals surface area contributed by atoms with Gasteiger partial charge in [0, 0.05) is 18.9 Å². The third-order valence-electron chi connectivity index (χ3n) is 2.70. The maximum atomic E-state index is 13.4. The molecule has 0 aliphatic rings. The van der Waals surface area contributed by atoms with E-state index in [0.717, 1.165) is 0 Å². The zero-order chi connectivity index (χ0) is 15.4. The fourth-order valence-corrected chi connectivity index (χ4v) is 1.87. The quantitative estimate of drug-likeness (QED) is 0.856. The van der Waals surface area contributed by atoms with Crippen LogP contribution in [0.5, 0.6) is 0 Å². The summed E-state index contributed by atoms with van der Waals surface area (Å²) < 4.78 is 13.4.